The summed E-state index contributed by atoms with van der Waals surface area (Å²) < 4.78 is 5.03. The Morgan fingerprint density at radius 2 is 2.09 bits per heavy atom. The lowest BCUT2D eigenvalue weighted by atomic mass is 9.97. The second-order valence-electron chi connectivity index (χ2n) is 5.66. The third-order valence-electron chi connectivity index (χ3n) is 3.94. The molecule has 120 valence electrons. The Hall–Kier alpha value is -1.88. The van der Waals surface area contributed by atoms with Crippen LogP contribution >= 0.6 is 0 Å². The molecule has 1 aromatic rings. The zero-order valence-corrected chi connectivity index (χ0v) is 13.3. The first kappa shape index (κ1) is 16.5. The van der Waals surface area contributed by atoms with Gasteiger partial charge in [0, 0.05) is 38.7 Å². The summed E-state index contributed by atoms with van der Waals surface area (Å²) in [5.74, 6) is 0.511. The molecule has 0 spiro atoms. The van der Waals surface area contributed by atoms with Gasteiger partial charge >= 0.3 is 0 Å². The fraction of sp³-hybridized carbons (Fsp3) is 0.529. The van der Waals surface area contributed by atoms with Crippen LogP contribution < -0.4 is 5.32 Å². The van der Waals surface area contributed by atoms with E-state index >= 15 is 0 Å². The fourth-order valence-electron chi connectivity index (χ4n) is 2.80. The van der Waals surface area contributed by atoms with E-state index < -0.39 is 0 Å². The molecular weight excluding hydrogens is 280 g/mol. The smallest absolute Gasteiger partial charge is 0.251 e. The lowest BCUT2D eigenvalue weighted by Gasteiger charge is -2.16. The average Bonchev–Trinajstić information content (AvgIpc) is 2.86. The van der Waals surface area contributed by atoms with Crippen LogP contribution in [-0.2, 0) is 16.0 Å². The molecule has 0 bridgehead atoms. The minimum Gasteiger partial charge on any atom is -0.383 e. The molecule has 0 aromatic heterocycles. The minimum atomic E-state index is -0.0455. The van der Waals surface area contributed by atoms with Gasteiger partial charge in [-0.25, -0.2) is 0 Å². The summed E-state index contributed by atoms with van der Waals surface area (Å²) in [6.45, 7) is 4.57. The standard InChI is InChI=1S/C17H24N2O3/c1-3-18-17(21)15-6-4-13(5-7-15)10-14-11-16(20)19(12-14)8-9-22-2/h4-7,14H,3,8-12H2,1-2H3,(H,18,21). The molecule has 1 aliphatic rings. The van der Waals surface area contributed by atoms with Gasteiger partial charge in [-0.15, -0.1) is 0 Å². The molecule has 2 rings (SSSR count). The average molecular weight is 304 g/mol. The van der Waals surface area contributed by atoms with Gasteiger partial charge < -0.3 is 15.0 Å². The van der Waals surface area contributed by atoms with E-state index in [1.54, 1.807) is 7.11 Å². The molecule has 1 heterocycles. The van der Waals surface area contributed by atoms with Gasteiger partial charge in [-0.3, -0.25) is 9.59 Å². The molecule has 0 radical (unpaired) electrons. The summed E-state index contributed by atoms with van der Waals surface area (Å²) in [7, 11) is 1.65. The zero-order valence-electron chi connectivity index (χ0n) is 13.3. The van der Waals surface area contributed by atoms with Crippen molar-refractivity contribution in [2.75, 3.05) is 33.4 Å². The SMILES string of the molecule is CCNC(=O)c1ccc(CC2CC(=O)N(CCOC)C2)cc1. The van der Waals surface area contributed by atoms with E-state index in [1.165, 1.54) is 5.56 Å². The van der Waals surface area contributed by atoms with Crippen LogP contribution in [0.2, 0.25) is 0 Å². The van der Waals surface area contributed by atoms with Crippen molar-refractivity contribution in [3.05, 3.63) is 35.4 Å². The van der Waals surface area contributed by atoms with Crippen LogP contribution in [-0.4, -0.2) is 50.1 Å². The molecule has 0 saturated carbocycles. The number of amides is 2. The number of rotatable bonds is 7. The van der Waals surface area contributed by atoms with E-state index in [4.69, 9.17) is 4.74 Å². The summed E-state index contributed by atoms with van der Waals surface area (Å²) in [5.41, 5.74) is 1.84. The molecule has 1 unspecified atom stereocenters. The van der Waals surface area contributed by atoms with Gasteiger partial charge in [-0.05, 0) is 37.0 Å². The molecule has 2 amide bonds. The summed E-state index contributed by atoms with van der Waals surface area (Å²) in [6, 6.07) is 7.65. The van der Waals surface area contributed by atoms with Crippen molar-refractivity contribution in [2.45, 2.75) is 19.8 Å². The summed E-state index contributed by atoms with van der Waals surface area (Å²) in [5, 5.41) is 2.78. The third-order valence-corrected chi connectivity index (χ3v) is 3.94. The van der Waals surface area contributed by atoms with Crippen molar-refractivity contribution in [1.82, 2.24) is 10.2 Å². The van der Waals surface area contributed by atoms with Crippen LogP contribution in [0.4, 0.5) is 0 Å². The maximum absolute atomic E-state index is 11.9. The largest absolute Gasteiger partial charge is 0.383 e. The van der Waals surface area contributed by atoms with Crippen molar-refractivity contribution in [1.29, 1.82) is 0 Å². The summed E-state index contributed by atoms with van der Waals surface area (Å²) >= 11 is 0. The molecule has 1 saturated heterocycles. The number of ether oxygens (including phenoxy) is 1. The molecular formula is C17H24N2O3. The number of methoxy groups -OCH3 is 1. The van der Waals surface area contributed by atoms with Gasteiger partial charge in [-0.1, -0.05) is 12.1 Å². The number of benzene rings is 1. The second-order valence-corrected chi connectivity index (χ2v) is 5.66. The van der Waals surface area contributed by atoms with Crippen LogP contribution in [0, 0.1) is 5.92 Å². The Balaban J connectivity index is 1.89. The normalized spacial score (nSPS) is 17.8. The van der Waals surface area contributed by atoms with E-state index in [-0.39, 0.29) is 11.8 Å². The van der Waals surface area contributed by atoms with E-state index in [0.717, 1.165) is 13.0 Å². The maximum Gasteiger partial charge on any atom is 0.251 e. The highest BCUT2D eigenvalue weighted by Gasteiger charge is 2.29. The molecule has 5 heteroatoms. The first-order chi connectivity index (χ1) is 10.6. The molecule has 1 aliphatic heterocycles. The Morgan fingerprint density at radius 3 is 2.73 bits per heavy atom. The number of nitrogens with zero attached hydrogens (tertiary/aromatic N) is 1. The number of carbonyl (C=O) groups is 2. The first-order valence-corrected chi connectivity index (χ1v) is 7.78. The van der Waals surface area contributed by atoms with Gasteiger partial charge in [0.1, 0.15) is 0 Å². The van der Waals surface area contributed by atoms with Crippen molar-refractivity contribution in [3.63, 3.8) is 0 Å². The number of hydrogen-bond acceptors (Lipinski definition) is 3. The minimum absolute atomic E-state index is 0.0455. The van der Waals surface area contributed by atoms with Crippen molar-refractivity contribution in [3.8, 4) is 0 Å². The molecule has 22 heavy (non-hydrogen) atoms. The Kier molecular flexibility index (Phi) is 5.95. The van der Waals surface area contributed by atoms with E-state index in [0.29, 0.717) is 37.6 Å². The predicted molar refractivity (Wildman–Crippen MR) is 84.7 cm³/mol. The maximum atomic E-state index is 11.9. The van der Waals surface area contributed by atoms with Gasteiger partial charge in [0.15, 0.2) is 0 Å². The topological polar surface area (TPSA) is 58.6 Å². The van der Waals surface area contributed by atoms with Crippen LogP contribution in [0.15, 0.2) is 24.3 Å². The Bertz CT molecular complexity index is 513. The highest BCUT2D eigenvalue weighted by atomic mass is 16.5. The molecule has 1 atom stereocenters. The highest BCUT2D eigenvalue weighted by Crippen LogP contribution is 2.22. The van der Waals surface area contributed by atoms with Crippen molar-refractivity contribution in [2.24, 2.45) is 5.92 Å². The zero-order chi connectivity index (χ0) is 15.9. The number of carbonyl (C=O) groups excluding carboxylic acids is 2. The number of nitrogens with one attached hydrogen (secondary N) is 1. The van der Waals surface area contributed by atoms with E-state index in [2.05, 4.69) is 5.32 Å². The summed E-state index contributed by atoms with van der Waals surface area (Å²) in [4.78, 5) is 25.5. The summed E-state index contributed by atoms with van der Waals surface area (Å²) in [6.07, 6.45) is 1.46. The predicted octanol–water partition coefficient (Wildman–Crippen LogP) is 1.47. The second kappa shape index (κ2) is 7.94. The monoisotopic (exact) mass is 304 g/mol. The quantitative estimate of drug-likeness (QED) is 0.830. The fourth-order valence-corrected chi connectivity index (χ4v) is 2.80. The molecule has 0 aliphatic carbocycles. The molecule has 5 nitrogen and oxygen atoms in total. The van der Waals surface area contributed by atoms with Crippen molar-refractivity contribution < 1.29 is 14.3 Å². The Labute approximate surface area is 131 Å². The van der Waals surface area contributed by atoms with Gasteiger partial charge in [-0.2, -0.15) is 0 Å². The lowest BCUT2D eigenvalue weighted by Crippen LogP contribution is -2.28. The molecule has 1 N–H and O–H groups in total. The van der Waals surface area contributed by atoms with Crippen molar-refractivity contribution >= 4 is 11.8 Å². The van der Waals surface area contributed by atoms with Crippen LogP contribution in [0.5, 0.6) is 0 Å². The van der Waals surface area contributed by atoms with Crippen LogP contribution in [0.3, 0.4) is 0 Å². The van der Waals surface area contributed by atoms with E-state index in [1.807, 2.05) is 36.1 Å². The molecule has 1 fully saturated rings. The number of likely N-dealkylation sites (tertiary alicyclic amines) is 1. The molecule has 1 aromatic carbocycles. The van der Waals surface area contributed by atoms with Gasteiger partial charge in [0.05, 0.1) is 6.61 Å². The lowest BCUT2D eigenvalue weighted by molar-refractivity contribution is -0.128. The van der Waals surface area contributed by atoms with Gasteiger partial charge in [0.2, 0.25) is 5.91 Å². The van der Waals surface area contributed by atoms with Crippen LogP contribution in [0.1, 0.15) is 29.3 Å². The van der Waals surface area contributed by atoms with E-state index in [9.17, 15) is 9.59 Å². The third kappa shape index (κ3) is 4.31. The van der Waals surface area contributed by atoms with Crippen LogP contribution in [0.25, 0.3) is 0 Å². The number of hydrogen-bond donors (Lipinski definition) is 1. The highest BCUT2D eigenvalue weighted by molar-refractivity contribution is 5.94. The first-order valence-electron chi connectivity index (χ1n) is 7.78. The Morgan fingerprint density at radius 1 is 1.36 bits per heavy atom. The van der Waals surface area contributed by atoms with Gasteiger partial charge in [0.25, 0.3) is 5.91 Å².